The normalized spacial score (nSPS) is 18.5. The number of nitrogens with zero attached hydrogens (tertiary/aromatic N) is 1. The third-order valence-electron chi connectivity index (χ3n) is 4.86. The molecule has 1 aromatic carbocycles. The highest BCUT2D eigenvalue weighted by molar-refractivity contribution is 5.82. The highest BCUT2D eigenvalue weighted by Crippen LogP contribution is 2.21. The summed E-state index contributed by atoms with van der Waals surface area (Å²) in [6.45, 7) is 8.26. The fraction of sp³-hybridized carbons (Fsp3) is 0.600. The maximum absolute atomic E-state index is 12.6. The molecule has 1 N–H and O–H groups in total. The predicted molar refractivity (Wildman–Crippen MR) is 98.2 cm³/mol. The lowest BCUT2D eigenvalue weighted by atomic mass is 9.95. The van der Waals surface area contributed by atoms with E-state index >= 15 is 0 Å². The van der Waals surface area contributed by atoms with Gasteiger partial charge in [-0.3, -0.25) is 9.59 Å². The van der Waals surface area contributed by atoms with Gasteiger partial charge in [0, 0.05) is 31.1 Å². The van der Waals surface area contributed by atoms with Crippen molar-refractivity contribution in [2.75, 3.05) is 19.7 Å². The Morgan fingerprint density at radius 3 is 2.80 bits per heavy atom. The maximum Gasteiger partial charge on any atom is 0.225 e. The summed E-state index contributed by atoms with van der Waals surface area (Å²) in [5, 5.41) is 3.01. The van der Waals surface area contributed by atoms with Gasteiger partial charge < -0.3 is 15.0 Å². The number of piperidine rings is 1. The molecule has 2 rings (SSSR count). The number of amides is 2. The Bertz CT molecular complexity index is 588. The topological polar surface area (TPSA) is 58.6 Å². The summed E-state index contributed by atoms with van der Waals surface area (Å²) in [5.74, 6) is 0.901. The van der Waals surface area contributed by atoms with Crippen LogP contribution in [0, 0.1) is 11.8 Å². The number of benzene rings is 1. The highest BCUT2D eigenvalue weighted by Gasteiger charge is 2.29. The summed E-state index contributed by atoms with van der Waals surface area (Å²) < 4.78 is 5.60. The second-order valence-electron chi connectivity index (χ2n) is 6.69. The lowest BCUT2D eigenvalue weighted by Crippen LogP contribution is -2.46. The minimum Gasteiger partial charge on any atom is -0.494 e. The summed E-state index contributed by atoms with van der Waals surface area (Å²) >= 11 is 0. The van der Waals surface area contributed by atoms with Gasteiger partial charge >= 0.3 is 0 Å². The van der Waals surface area contributed by atoms with Gasteiger partial charge in [0.15, 0.2) is 0 Å². The Morgan fingerprint density at radius 1 is 1.32 bits per heavy atom. The number of ether oxygens (including phenoxy) is 1. The molecule has 0 saturated carbocycles. The largest absolute Gasteiger partial charge is 0.494 e. The SMILES string of the molecule is CCOc1ccccc1CNC(=O)[C@H]1CCCN(C(=O)[C@H](C)CC)C1. The van der Waals surface area contributed by atoms with Crippen LogP contribution in [0.15, 0.2) is 24.3 Å². The fourth-order valence-corrected chi connectivity index (χ4v) is 3.15. The van der Waals surface area contributed by atoms with Crippen molar-refractivity contribution in [3.8, 4) is 5.75 Å². The van der Waals surface area contributed by atoms with Crippen molar-refractivity contribution >= 4 is 11.8 Å². The van der Waals surface area contributed by atoms with Gasteiger partial charge in [-0.1, -0.05) is 32.0 Å². The number of carbonyl (C=O) groups excluding carboxylic acids is 2. The van der Waals surface area contributed by atoms with E-state index in [2.05, 4.69) is 5.32 Å². The monoisotopic (exact) mass is 346 g/mol. The molecule has 1 saturated heterocycles. The summed E-state index contributed by atoms with van der Waals surface area (Å²) in [4.78, 5) is 26.8. The number of hydrogen-bond donors (Lipinski definition) is 1. The van der Waals surface area contributed by atoms with Gasteiger partial charge in [-0.05, 0) is 32.3 Å². The Morgan fingerprint density at radius 2 is 2.08 bits per heavy atom. The van der Waals surface area contributed by atoms with E-state index in [0.717, 1.165) is 37.1 Å². The van der Waals surface area contributed by atoms with Crippen molar-refractivity contribution in [3.05, 3.63) is 29.8 Å². The third-order valence-corrected chi connectivity index (χ3v) is 4.86. The molecule has 1 fully saturated rings. The molecule has 0 aromatic heterocycles. The lowest BCUT2D eigenvalue weighted by molar-refractivity contribution is -0.139. The van der Waals surface area contributed by atoms with Crippen LogP contribution in [0.5, 0.6) is 5.75 Å². The van der Waals surface area contributed by atoms with E-state index < -0.39 is 0 Å². The van der Waals surface area contributed by atoms with Crippen LogP contribution in [0.2, 0.25) is 0 Å². The average molecular weight is 346 g/mol. The Kier molecular flexibility index (Phi) is 7.29. The van der Waals surface area contributed by atoms with E-state index in [4.69, 9.17) is 4.74 Å². The van der Waals surface area contributed by atoms with Gasteiger partial charge in [0.25, 0.3) is 0 Å². The van der Waals surface area contributed by atoms with E-state index in [1.807, 2.05) is 49.9 Å². The first-order valence-electron chi connectivity index (χ1n) is 9.34. The zero-order valence-corrected chi connectivity index (χ0v) is 15.6. The molecule has 1 aromatic rings. The van der Waals surface area contributed by atoms with Crippen LogP contribution < -0.4 is 10.1 Å². The zero-order chi connectivity index (χ0) is 18.2. The van der Waals surface area contributed by atoms with E-state index in [0.29, 0.717) is 19.7 Å². The van der Waals surface area contributed by atoms with Crippen LogP contribution in [-0.2, 0) is 16.1 Å². The smallest absolute Gasteiger partial charge is 0.225 e. The molecule has 0 radical (unpaired) electrons. The van der Waals surface area contributed by atoms with E-state index in [-0.39, 0.29) is 23.7 Å². The van der Waals surface area contributed by atoms with Gasteiger partial charge in [-0.25, -0.2) is 0 Å². The summed E-state index contributed by atoms with van der Waals surface area (Å²) in [7, 11) is 0. The molecular weight excluding hydrogens is 316 g/mol. The van der Waals surface area contributed by atoms with Gasteiger partial charge in [-0.2, -0.15) is 0 Å². The van der Waals surface area contributed by atoms with Crippen LogP contribution in [0.4, 0.5) is 0 Å². The first-order chi connectivity index (χ1) is 12.1. The molecule has 2 atom stereocenters. The molecule has 1 heterocycles. The molecule has 0 aliphatic carbocycles. The molecule has 25 heavy (non-hydrogen) atoms. The predicted octanol–water partition coefficient (Wildman–Crippen LogP) is 2.99. The number of rotatable bonds is 7. The Hall–Kier alpha value is -2.04. The minimum absolute atomic E-state index is 0.0213. The number of para-hydroxylation sites is 1. The fourth-order valence-electron chi connectivity index (χ4n) is 3.15. The quantitative estimate of drug-likeness (QED) is 0.826. The first kappa shape index (κ1) is 19.3. The molecular formula is C20H30N2O3. The van der Waals surface area contributed by atoms with Crippen LogP contribution in [0.1, 0.15) is 45.6 Å². The summed E-state index contributed by atoms with van der Waals surface area (Å²) in [6.07, 6.45) is 2.55. The van der Waals surface area contributed by atoms with Gasteiger partial charge in [0.1, 0.15) is 5.75 Å². The van der Waals surface area contributed by atoms with Crippen LogP contribution in [-0.4, -0.2) is 36.4 Å². The molecule has 0 spiro atoms. The number of carbonyl (C=O) groups is 2. The van der Waals surface area contributed by atoms with Gasteiger partial charge in [0.2, 0.25) is 11.8 Å². The second-order valence-corrected chi connectivity index (χ2v) is 6.69. The average Bonchev–Trinajstić information content (AvgIpc) is 2.66. The minimum atomic E-state index is -0.124. The standard InChI is InChI=1S/C20H30N2O3/c1-4-15(3)20(24)22-12-8-10-17(14-22)19(23)21-13-16-9-6-7-11-18(16)25-5-2/h6-7,9,11,15,17H,4-5,8,10,12-14H2,1-3H3,(H,21,23)/t15-,17+/m1/s1. The first-order valence-corrected chi connectivity index (χ1v) is 9.34. The lowest BCUT2D eigenvalue weighted by Gasteiger charge is -2.33. The van der Waals surface area contributed by atoms with Crippen molar-refractivity contribution in [1.82, 2.24) is 10.2 Å². The summed E-state index contributed by atoms with van der Waals surface area (Å²) in [5.41, 5.74) is 0.973. The second kappa shape index (κ2) is 9.44. The molecule has 138 valence electrons. The third kappa shape index (κ3) is 5.21. The number of hydrogen-bond acceptors (Lipinski definition) is 3. The molecule has 1 aliphatic heterocycles. The maximum atomic E-state index is 12.6. The van der Waals surface area contributed by atoms with Crippen LogP contribution in [0.3, 0.4) is 0 Å². The van der Waals surface area contributed by atoms with Crippen molar-refractivity contribution in [2.45, 2.75) is 46.6 Å². The molecule has 1 aliphatic rings. The molecule has 0 unspecified atom stereocenters. The Balaban J connectivity index is 1.91. The molecule has 0 bridgehead atoms. The molecule has 5 heteroatoms. The number of nitrogens with one attached hydrogen (secondary N) is 1. The van der Waals surface area contributed by atoms with E-state index in [9.17, 15) is 9.59 Å². The van der Waals surface area contributed by atoms with Gasteiger partial charge in [0.05, 0.1) is 12.5 Å². The van der Waals surface area contributed by atoms with Crippen LogP contribution >= 0.6 is 0 Å². The van der Waals surface area contributed by atoms with Crippen molar-refractivity contribution < 1.29 is 14.3 Å². The van der Waals surface area contributed by atoms with Crippen molar-refractivity contribution in [1.29, 1.82) is 0 Å². The van der Waals surface area contributed by atoms with Crippen molar-refractivity contribution in [2.24, 2.45) is 11.8 Å². The molecule has 5 nitrogen and oxygen atoms in total. The van der Waals surface area contributed by atoms with Crippen molar-refractivity contribution in [3.63, 3.8) is 0 Å². The van der Waals surface area contributed by atoms with Gasteiger partial charge in [-0.15, -0.1) is 0 Å². The summed E-state index contributed by atoms with van der Waals surface area (Å²) in [6, 6.07) is 7.75. The highest BCUT2D eigenvalue weighted by atomic mass is 16.5. The molecule has 2 amide bonds. The zero-order valence-electron chi connectivity index (χ0n) is 15.6. The van der Waals surface area contributed by atoms with E-state index in [1.165, 1.54) is 0 Å². The Labute approximate surface area is 150 Å². The van der Waals surface area contributed by atoms with Crippen LogP contribution in [0.25, 0.3) is 0 Å². The van der Waals surface area contributed by atoms with E-state index in [1.54, 1.807) is 0 Å². The number of likely N-dealkylation sites (tertiary alicyclic amines) is 1.